The summed E-state index contributed by atoms with van der Waals surface area (Å²) in [4.78, 5) is 0. The van der Waals surface area contributed by atoms with Crippen LogP contribution in [0.2, 0.25) is 0 Å². The molecule has 0 radical (unpaired) electrons. The Morgan fingerprint density at radius 2 is 1.80 bits per heavy atom. The van der Waals surface area contributed by atoms with Gasteiger partial charge in [-0.3, -0.25) is 0 Å². The van der Waals surface area contributed by atoms with E-state index in [-0.39, 0.29) is 24.7 Å². The average molecular weight is 283 g/mol. The quantitative estimate of drug-likeness (QED) is 0.891. The summed E-state index contributed by atoms with van der Waals surface area (Å²) in [5.41, 5.74) is 7.93. The van der Waals surface area contributed by atoms with Gasteiger partial charge in [-0.2, -0.15) is 0 Å². The van der Waals surface area contributed by atoms with E-state index in [1.54, 1.807) is 0 Å². The zero-order chi connectivity index (χ0) is 14.8. The highest BCUT2D eigenvalue weighted by Crippen LogP contribution is 2.40. The van der Waals surface area contributed by atoms with Gasteiger partial charge in [0.1, 0.15) is 0 Å². The lowest BCUT2D eigenvalue weighted by Crippen LogP contribution is -2.37. The lowest BCUT2D eigenvalue weighted by molar-refractivity contribution is -0.0651. The van der Waals surface area contributed by atoms with Crippen molar-refractivity contribution in [3.8, 4) is 0 Å². The molecule has 0 aromatic heterocycles. The molecule has 0 heterocycles. The Balaban J connectivity index is 2.06. The third kappa shape index (κ3) is 3.55. The summed E-state index contributed by atoms with van der Waals surface area (Å²) in [7, 11) is 0. The molecule has 1 fully saturated rings. The van der Waals surface area contributed by atoms with E-state index in [1.807, 2.05) is 31.2 Å². The molecule has 1 aliphatic rings. The molecule has 20 heavy (non-hydrogen) atoms. The molecule has 1 saturated carbocycles. The monoisotopic (exact) mass is 283 g/mol. The van der Waals surface area contributed by atoms with E-state index in [4.69, 9.17) is 5.73 Å². The third-order valence-electron chi connectivity index (χ3n) is 4.42. The van der Waals surface area contributed by atoms with Gasteiger partial charge in [0.2, 0.25) is 5.92 Å². The zero-order valence-corrected chi connectivity index (χ0v) is 11.9. The van der Waals surface area contributed by atoms with Crippen molar-refractivity contribution in [1.82, 2.24) is 0 Å². The van der Waals surface area contributed by atoms with Crippen LogP contribution in [0.4, 0.5) is 8.78 Å². The van der Waals surface area contributed by atoms with Gasteiger partial charge < -0.3 is 10.8 Å². The summed E-state index contributed by atoms with van der Waals surface area (Å²) < 4.78 is 26.4. The number of alkyl halides is 2. The number of nitrogens with two attached hydrogens (primary N) is 1. The molecule has 112 valence electrons. The van der Waals surface area contributed by atoms with Crippen molar-refractivity contribution in [3.05, 3.63) is 35.4 Å². The summed E-state index contributed by atoms with van der Waals surface area (Å²) in [6.45, 7) is 2.33. The molecule has 0 saturated heterocycles. The van der Waals surface area contributed by atoms with Gasteiger partial charge >= 0.3 is 0 Å². The van der Waals surface area contributed by atoms with Crippen LogP contribution >= 0.6 is 0 Å². The van der Waals surface area contributed by atoms with Crippen LogP contribution in [0.3, 0.4) is 0 Å². The minimum absolute atomic E-state index is 0.0792. The molecule has 2 unspecified atom stereocenters. The van der Waals surface area contributed by atoms with Crippen LogP contribution in [0, 0.1) is 12.8 Å². The Bertz CT molecular complexity index is 423. The maximum Gasteiger partial charge on any atom is 0.248 e. The van der Waals surface area contributed by atoms with Crippen molar-refractivity contribution in [1.29, 1.82) is 0 Å². The van der Waals surface area contributed by atoms with E-state index in [1.165, 1.54) is 0 Å². The highest BCUT2D eigenvalue weighted by molar-refractivity contribution is 5.26. The molecule has 0 amide bonds. The molecule has 0 spiro atoms. The summed E-state index contributed by atoms with van der Waals surface area (Å²) >= 11 is 0. The first kappa shape index (κ1) is 15.4. The standard InChI is InChI=1S/C16H23F2NO/c1-11-2-4-12(5-3-11)14(10-19)15(20)13-6-8-16(17,18)9-7-13/h2-5,13-15,20H,6-10,19H2,1H3. The lowest BCUT2D eigenvalue weighted by Gasteiger charge is -2.34. The molecular formula is C16H23F2NO. The van der Waals surface area contributed by atoms with Crippen molar-refractivity contribution < 1.29 is 13.9 Å². The first-order valence-corrected chi connectivity index (χ1v) is 7.25. The zero-order valence-electron chi connectivity index (χ0n) is 11.9. The molecule has 1 aromatic carbocycles. The summed E-state index contributed by atoms with van der Waals surface area (Å²) in [5, 5.41) is 10.5. The number of rotatable bonds is 4. The highest BCUT2D eigenvalue weighted by Gasteiger charge is 2.39. The van der Waals surface area contributed by atoms with Crippen molar-refractivity contribution >= 4 is 0 Å². The second-order valence-electron chi connectivity index (χ2n) is 5.94. The van der Waals surface area contributed by atoms with Gasteiger partial charge in [0.15, 0.2) is 0 Å². The molecular weight excluding hydrogens is 260 g/mol. The largest absolute Gasteiger partial charge is 0.392 e. The Kier molecular flexibility index (Phi) is 4.76. The fraction of sp³-hybridized carbons (Fsp3) is 0.625. The Morgan fingerprint density at radius 3 is 2.30 bits per heavy atom. The van der Waals surface area contributed by atoms with Crippen LogP contribution in [-0.4, -0.2) is 23.7 Å². The van der Waals surface area contributed by atoms with E-state index in [2.05, 4.69) is 0 Å². The van der Waals surface area contributed by atoms with Gasteiger partial charge in [0.25, 0.3) is 0 Å². The predicted molar refractivity (Wildman–Crippen MR) is 75.9 cm³/mol. The van der Waals surface area contributed by atoms with Gasteiger partial charge in [-0.1, -0.05) is 29.8 Å². The van der Waals surface area contributed by atoms with E-state index in [0.29, 0.717) is 19.4 Å². The Hall–Kier alpha value is -1.00. The van der Waals surface area contributed by atoms with Crippen LogP contribution in [0.1, 0.15) is 42.7 Å². The van der Waals surface area contributed by atoms with Crippen LogP contribution in [0.5, 0.6) is 0 Å². The number of halogens is 2. The fourth-order valence-corrected chi connectivity index (χ4v) is 3.02. The number of hydrogen-bond acceptors (Lipinski definition) is 2. The van der Waals surface area contributed by atoms with E-state index < -0.39 is 12.0 Å². The maximum atomic E-state index is 13.2. The van der Waals surface area contributed by atoms with Gasteiger partial charge in [-0.05, 0) is 31.2 Å². The second-order valence-corrected chi connectivity index (χ2v) is 5.94. The van der Waals surface area contributed by atoms with Gasteiger partial charge in [-0.15, -0.1) is 0 Å². The van der Waals surface area contributed by atoms with Crippen LogP contribution in [0.15, 0.2) is 24.3 Å². The van der Waals surface area contributed by atoms with Crippen LogP contribution < -0.4 is 5.73 Å². The SMILES string of the molecule is Cc1ccc(C(CN)C(O)C2CCC(F)(F)CC2)cc1. The molecule has 1 aromatic rings. The minimum Gasteiger partial charge on any atom is -0.392 e. The van der Waals surface area contributed by atoms with Gasteiger partial charge in [0, 0.05) is 25.3 Å². The average Bonchev–Trinajstić information content (AvgIpc) is 2.41. The number of benzene rings is 1. The molecule has 0 aliphatic heterocycles. The molecule has 2 atom stereocenters. The number of aliphatic hydroxyl groups excluding tert-OH is 1. The molecule has 2 nitrogen and oxygen atoms in total. The predicted octanol–water partition coefficient (Wildman–Crippen LogP) is 3.22. The third-order valence-corrected chi connectivity index (χ3v) is 4.42. The Labute approximate surface area is 119 Å². The number of aliphatic hydroxyl groups is 1. The topological polar surface area (TPSA) is 46.2 Å². The van der Waals surface area contributed by atoms with E-state index in [9.17, 15) is 13.9 Å². The maximum absolute atomic E-state index is 13.2. The van der Waals surface area contributed by atoms with Crippen molar-refractivity contribution in [2.45, 2.75) is 50.6 Å². The van der Waals surface area contributed by atoms with Crippen molar-refractivity contribution in [2.75, 3.05) is 6.54 Å². The number of aryl methyl sites for hydroxylation is 1. The first-order chi connectivity index (χ1) is 9.43. The summed E-state index contributed by atoms with van der Waals surface area (Å²) in [6.07, 6.45) is -0.147. The Morgan fingerprint density at radius 1 is 1.25 bits per heavy atom. The highest BCUT2D eigenvalue weighted by atomic mass is 19.3. The second kappa shape index (κ2) is 6.19. The van der Waals surface area contributed by atoms with Gasteiger partial charge in [0.05, 0.1) is 6.10 Å². The van der Waals surface area contributed by atoms with Crippen molar-refractivity contribution in [3.63, 3.8) is 0 Å². The van der Waals surface area contributed by atoms with Gasteiger partial charge in [-0.25, -0.2) is 8.78 Å². The fourth-order valence-electron chi connectivity index (χ4n) is 3.02. The molecule has 0 bridgehead atoms. The summed E-state index contributed by atoms with van der Waals surface area (Å²) in [6, 6.07) is 7.90. The van der Waals surface area contributed by atoms with Crippen LogP contribution in [0.25, 0.3) is 0 Å². The number of hydrogen-bond donors (Lipinski definition) is 2. The molecule has 3 N–H and O–H groups in total. The molecule has 2 rings (SSSR count). The molecule has 1 aliphatic carbocycles. The first-order valence-electron chi connectivity index (χ1n) is 7.25. The summed E-state index contributed by atoms with van der Waals surface area (Å²) in [5.74, 6) is -2.81. The van der Waals surface area contributed by atoms with Crippen LogP contribution in [-0.2, 0) is 0 Å². The smallest absolute Gasteiger partial charge is 0.248 e. The van der Waals surface area contributed by atoms with Crippen molar-refractivity contribution in [2.24, 2.45) is 11.7 Å². The minimum atomic E-state index is -2.56. The van der Waals surface area contributed by atoms with E-state index in [0.717, 1.165) is 11.1 Å². The molecule has 4 heteroatoms. The normalized spacial score (nSPS) is 22.4. The van der Waals surface area contributed by atoms with E-state index >= 15 is 0 Å². The lowest BCUT2D eigenvalue weighted by atomic mass is 9.77.